The van der Waals surface area contributed by atoms with Gasteiger partial charge in [-0.25, -0.2) is 13.8 Å². The van der Waals surface area contributed by atoms with Crippen LogP contribution in [0.15, 0.2) is 33.4 Å². The van der Waals surface area contributed by atoms with Crippen molar-refractivity contribution in [3.05, 3.63) is 52.1 Å². The summed E-state index contributed by atoms with van der Waals surface area (Å²) in [7, 11) is 0. The number of amides is 1. The number of aromatic nitrogens is 3. The van der Waals surface area contributed by atoms with Crippen LogP contribution >= 0.6 is 15.9 Å². The van der Waals surface area contributed by atoms with Crippen molar-refractivity contribution in [2.24, 2.45) is 0 Å². The Kier molecular flexibility index (Phi) is 6.79. The summed E-state index contributed by atoms with van der Waals surface area (Å²) in [4.78, 5) is 24.2. The molecule has 1 fully saturated rings. The van der Waals surface area contributed by atoms with Gasteiger partial charge in [-0.1, -0.05) is 5.16 Å². The number of ether oxygens (including phenoxy) is 1. The maximum atomic E-state index is 14.1. The SMILES string of the molecule is O=C(c1noc(-c2cc(F)c(F)c(O)c2F)n1)N1CCN(CCOc2ccc(Br)cn2)CC1. The van der Waals surface area contributed by atoms with E-state index in [4.69, 9.17) is 9.26 Å². The van der Waals surface area contributed by atoms with Crippen LogP contribution in [0.25, 0.3) is 11.5 Å². The fraction of sp³-hybridized carbons (Fsp3) is 0.300. The monoisotopic (exact) mass is 527 g/mol. The summed E-state index contributed by atoms with van der Waals surface area (Å²) in [6.07, 6.45) is 1.65. The van der Waals surface area contributed by atoms with E-state index in [1.165, 1.54) is 4.90 Å². The van der Waals surface area contributed by atoms with E-state index in [0.29, 0.717) is 51.3 Å². The minimum Gasteiger partial charge on any atom is -0.503 e. The van der Waals surface area contributed by atoms with Crippen LogP contribution in [0, 0.1) is 17.5 Å². The third kappa shape index (κ3) is 5.09. The zero-order chi connectivity index (χ0) is 23.5. The number of hydrogen-bond donors (Lipinski definition) is 1. The standard InChI is InChI=1S/C20H17BrF3N5O4/c21-11-1-2-14(25-10-11)32-8-7-28-3-5-29(6-4-28)20(31)18-26-19(33-27-18)12-9-13(22)16(24)17(30)15(12)23/h1-2,9-10,30H,3-8H2. The van der Waals surface area contributed by atoms with Gasteiger partial charge in [0.2, 0.25) is 11.7 Å². The smallest absolute Gasteiger partial charge is 0.295 e. The number of halogens is 4. The van der Waals surface area contributed by atoms with Crippen molar-refractivity contribution >= 4 is 21.8 Å². The van der Waals surface area contributed by atoms with Gasteiger partial charge in [0, 0.05) is 49.5 Å². The zero-order valence-corrected chi connectivity index (χ0v) is 18.6. The average molecular weight is 528 g/mol. The highest BCUT2D eigenvalue weighted by molar-refractivity contribution is 9.10. The third-order valence-corrected chi connectivity index (χ3v) is 5.47. The second-order valence-corrected chi connectivity index (χ2v) is 8.02. The number of hydrogen-bond acceptors (Lipinski definition) is 8. The lowest BCUT2D eigenvalue weighted by atomic mass is 10.2. The van der Waals surface area contributed by atoms with Gasteiger partial charge in [-0.15, -0.1) is 0 Å². The molecule has 3 aromatic rings. The summed E-state index contributed by atoms with van der Waals surface area (Å²) in [6.45, 7) is 3.02. The first-order chi connectivity index (χ1) is 15.8. The Hall–Kier alpha value is -3.19. The molecule has 0 aliphatic carbocycles. The molecular weight excluding hydrogens is 511 g/mol. The van der Waals surface area contributed by atoms with E-state index in [1.54, 1.807) is 12.3 Å². The molecule has 0 bridgehead atoms. The lowest BCUT2D eigenvalue weighted by molar-refractivity contribution is 0.0604. The van der Waals surface area contributed by atoms with Crippen molar-refractivity contribution in [2.75, 3.05) is 39.3 Å². The molecule has 174 valence electrons. The summed E-state index contributed by atoms with van der Waals surface area (Å²) in [5, 5.41) is 12.9. The number of benzene rings is 1. The van der Waals surface area contributed by atoms with Crippen molar-refractivity contribution in [1.82, 2.24) is 24.9 Å². The molecule has 9 nitrogen and oxygen atoms in total. The summed E-state index contributed by atoms with van der Waals surface area (Å²) in [5.74, 6) is -7.14. The Labute approximate surface area is 193 Å². The highest BCUT2D eigenvalue weighted by Crippen LogP contribution is 2.31. The summed E-state index contributed by atoms with van der Waals surface area (Å²) < 4.78 is 52.1. The molecule has 0 spiro atoms. The van der Waals surface area contributed by atoms with Crippen LogP contribution in [0.2, 0.25) is 0 Å². The predicted molar refractivity (Wildman–Crippen MR) is 111 cm³/mol. The Bertz CT molecular complexity index is 1150. The van der Waals surface area contributed by atoms with E-state index in [1.807, 2.05) is 6.07 Å². The topological polar surface area (TPSA) is 105 Å². The average Bonchev–Trinajstić information content (AvgIpc) is 3.31. The number of carbonyl (C=O) groups excluding carboxylic acids is 1. The largest absolute Gasteiger partial charge is 0.503 e. The molecule has 0 atom stereocenters. The van der Waals surface area contributed by atoms with Gasteiger partial charge >= 0.3 is 0 Å². The molecule has 0 unspecified atom stereocenters. The number of piperazine rings is 1. The first kappa shape index (κ1) is 23.0. The van der Waals surface area contributed by atoms with Crippen LogP contribution in [0.4, 0.5) is 13.2 Å². The van der Waals surface area contributed by atoms with Crippen LogP contribution in [0.1, 0.15) is 10.6 Å². The number of aromatic hydroxyl groups is 1. The Morgan fingerprint density at radius 2 is 1.94 bits per heavy atom. The molecule has 33 heavy (non-hydrogen) atoms. The van der Waals surface area contributed by atoms with Gasteiger partial charge < -0.3 is 19.3 Å². The number of rotatable bonds is 6. The van der Waals surface area contributed by atoms with Crippen molar-refractivity contribution in [1.29, 1.82) is 0 Å². The van der Waals surface area contributed by atoms with E-state index in [9.17, 15) is 23.1 Å². The van der Waals surface area contributed by atoms with E-state index < -0.39 is 40.6 Å². The van der Waals surface area contributed by atoms with Gasteiger partial charge in [-0.3, -0.25) is 9.69 Å². The summed E-state index contributed by atoms with van der Waals surface area (Å²) >= 11 is 3.31. The molecule has 1 amide bonds. The molecule has 1 aliphatic heterocycles. The fourth-order valence-electron chi connectivity index (χ4n) is 3.21. The van der Waals surface area contributed by atoms with E-state index in [2.05, 4.69) is 36.0 Å². The predicted octanol–water partition coefficient (Wildman–Crippen LogP) is 2.85. The second kappa shape index (κ2) is 9.75. The van der Waals surface area contributed by atoms with E-state index >= 15 is 0 Å². The number of phenolic OH excluding ortho intramolecular Hbond substituents is 1. The van der Waals surface area contributed by atoms with Crippen LogP contribution in [0.5, 0.6) is 11.6 Å². The summed E-state index contributed by atoms with van der Waals surface area (Å²) in [5.41, 5.74) is -0.650. The van der Waals surface area contributed by atoms with E-state index in [0.717, 1.165) is 4.47 Å². The van der Waals surface area contributed by atoms with Crippen LogP contribution < -0.4 is 4.74 Å². The van der Waals surface area contributed by atoms with Crippen LogP contribution in [-0.4, -0.2) is 75.3 Å². The molecule has 1 saturated heterocycles. The van der Waals surface area contributed by atoms with Crippen molar-refractivity contribution in [3.8, 4) is 23.1 Å². The Morgan fingerprint density at radius 1 is 1.18 bits per heavy atom. The van der Waals surface area contributed by atoms with Crippen molar-refractivity contribution < 1.29 is 32.3 Å². The lowest BCUT2D eigenvalue weighted by Gasteiger charge is -2.33. The maximum Gasteiger partial charge on any atom is 0.295 e. The first-order valence-corrected chi connectivity index (χ1v) is 10.6. The zero-order valence-electron chi connectivity index (χ0n) is 17.0. The van der Waals surface area contributed by atoms with Gasteiger partial charge in [0.25, 0.3) is 17.6 Å². The second-order valence-electron chi connectivity index (χ2n) is 7.10. The normalized spacial score (nSPS) is 14.5. The molecule has 1 aromatic carbocycles. The van der Waals surface area contributed by atoms with Crippen LogP contribution in [0.3, 0.4) is 0 Å². The van der Waals surface area contributed by atoms with Gasteiger partial charge in [-0.2, -0.15) is 9.37 Å². The number of pyridine rings is 1. The van der Waals surface area contributed by atoms with Gasteiger partial charge in [-0.05, 0) is 28.1 Å². The number of nitrogens with zero attached hydrogens (tertiary/aromatic N) is 5. The van der Waals surface area contributed by atoms with Crippen molar-refractivity contribution in [3.63, 3.8) is 0 Å². The highest BCUT2D eigenvalue weighted by atomic mass is 79.9. The molecule has 1 N–H and O–H groups in total. The van der Waals surface area contributed by atoms with Crippen molar-refractivity contribution in [2.45, 2.75) is 0 Å². The molecule has 2 aromatic heterocycles. The number of phenols is 1. The lowest BCUT2D eigenvalue weighted by Crippen LogP contribution is -2.49. The molecule has 0 radical (unpaired) electrons. The minimum absolute atomic E-state index is 0.355. The Morgan fingerprint density at radius 3 is 2.64 bits per heavy atom. The molecule has 4 rings (SSSR count). The maximum absolute atomic E-state index is 14.1. The molecular formula is C20H17BrF3N5O4. The van der Waals surface area contributed by atoms with Gasteiger partial charge in [0.1, 0.15) is 6.61 Å². The number of carbonyl (C=O) groups is 1. The highest BCUT2D eigenvalue weighted by Gasteiger charge is 2.28. The van der Waals surface area contributed by atoms with E-state index in [-0.39, 0.29) is 5.82 Å². The van der Waals surface area contributed by atoms with Gasteiger partial charge in [0.05, 0.1) is 5.56 Å². The minimum atomic E-state index is -1.73. The molecule has 0 saturated carbocycles. The molecule has 1 aliphatic rings. The first-order valence-electron chi connectivity index (χ1n) is 9.80. The molecule has 13 heteroatoms. The van der Waals surface area contributed by atoms with Crippen LogP contribution in [-0.2, 0) is 0 Å². The fourth-order valence-corrected chi connectivity index (χ4v) is 3.44. The summed E-state index contributed by atoms with van der Waals surface area (Å²) in [6, 6.07) is 4.06. The third-order valence-electron chi connectivity index (χ3n) is 5.00. The quantitative estimate of drug-likeness (QED) is 0.488. The Balaban J connectivity index is 1.31. The molecule has 3 heterocycles. The van der Waals surface area contributed by atoms with Gasteiger partial charge in [0.15, 0.2) is 17.4 Å².